The van der Waals surface area contributed by atoms with Gasteiger partial charge in [0.05, 0.1) is 11.9 Å². The number of imidazole rings is 1. The topological polar surface area (TPSA) is 59.3 Å². The minimum absolute atomic E-state index is 0.0429. The molecule has 1 N–H and O–H groups in total. The number of hydrogen-bond acceptors (Lipinski definition) is 3. The lowest BCUT2D eigenvalue weighted by atomic mass is 9.97. The van der Waals surface area contributed by atoms with Gasteiger partial charge in [0.25, 0.3) is 5.91 Å². The van der Waals surface area contributed by atoms with Crippen molar-refractivity contribution < 1.29 is 18.0 Å². The molecule has 2 heterocycles. The number of aromatic nitrogens is 3. The number of amides is 1. The molecule has 1 amide bonds. The third kappa shape index (κ3) is 3.69. The number of carbonyl (C=O) groups is 1. The number of hydrogen-bond donors (Lipinski definition) is 1. The van der Waals surface area contributed by atoms with Crippen LogP contribution in [-0.4, -0.2) is 20.5 Å². The van der Waals surface area contributed by atoms with Crippen LogP contribution in [0, 0.1) is 24.4 Å². The van der Waals surface area contributed by atoms with Crippen LogP contribution in [0.1, 0.15) is 15.9 Å². The highest BCUT2D eigenvalue weighted by Gasteiger charge is 2.19. The zero-order valence-electron chi connectivity index (χ0n) is 17.9. The number of nitrogens with zero attached hydrogens (tertiary/aromatic N) is 3. The van der Waals surface area contributed by atoms with Gasteiger partial charge in [0.1, 0.15) is 5.82 Å². The van der Waals surface area contributed by atoms with E-state index in [2.05, 4.69) is 15.4 Å². The second-order valence-electron chi connectivity index (χ2n) is 7.66. The molecule has 0 saturated heterocycles. The summed E-state index contributed by atoms with van der Waals surface area (Å²) in [6.45, 7) is 1.81. The van der Waals surface area contributed by atoms with Gasteiger partial charge in [-0.25, -0.2) is 22.7 Å². The fourth-order valence-corrected chi connectivity index (χ4v) is 3.90. The summed E-state index contributed by atoms with van der Waals surface area (Å²) < 4.78 is 42.8. The van der Waals surface area contributed by atoms with Crippen molar-refractivity contribution >= 4 is 17.2 Å². The molecule has 0 unspecified atom stereocenters. The van der Waals surface area contributed by atoms with Crippen LogP contribution >= 0.6 is 0 Å². The van der Waals surface area contributed by atoms with Gasteiger partial charge in [-0.3, -0.25) is 4.79 Å². The Morgan fingerprint density at radius 2 is 1.62 bits per heavy atom. The van der Waals surface area contributed by atoms with E-state index in [0.717, 1.165) is 11.6 Å². The summed E-state index contributed by atoms with van der Waals surface area (Å²) in [5.74, 6) is -2.68. The van der Waals surface area contributed by atoms with Crippen LogP contribution in [0.15, 0.2) is 79.1 Å². The molecular weight excluding hydrogens is 441 g/mol. The predicted molar refractivity (Wildman–Crippen MR) is 123 cm³/mol. The lowest BCUT2D eigenvalue weighted by Gasteiger charge is -2.13. The quantitative estimate of drug-likeness (QED) is 0.357. The molecule has 3 aromatic carbocycles. The van der Waals surface area contributed by atoms with Gasteiger partial charge >= 0.3 is 0 Å². The van der Waals surface area contributed by atoms with Gasteiger partial charge in [-0.05, 0) is 66.6 Å². The fraction of sp³-hybridized carbons (Fsp3) is 0.0385. The molecule has 0 spiro atoms. The first-order valence-electron chi connectivity index (χ1n) is 10.4. The highest BCUT2D eigenvalue weighted by atomic mass is 19.2. The summed E-state index contributed by atoms with van der Waals surface area (Å²) in [5, 5.41) is 7.04. The van der Waals surface area contributed by atoms with E-state index in [9.17, 15) is 18.0 Å². The monoisotopic (exact) mass is 458 g/mol. The second kappa shape index (κ2) is 8.47. The van der Waals surface area contributed by atoms with Crippen LogP contribution in [0.5, 0.6) is 0 Å². The highest BCUT2D eigenvalue weighted by Crippen LogP contribution is 2.32. The molecule has 5 nitrogen and oxygen atoms in total. The molecule has 168 valence electrons. The Labute approximate surface area is 192 Å². The summed E-state index contributed by atoms with van der Waals surface area (Å²) >= 11 is 0. The van der Waals surface area contributed by atoms with Gasteiger partial charge < -0.3 is 5.32 Å². The summed E-state index contributed by atoms with van der Waals surface area (Å²) in [4.78, 5) is 17.3. The van der Waals surface area contributed by atoms with Crippen LogP contribution in [-0.2, 0) is 0 Å². The normalized spacial score (nSPS) is 11.1. The van der Waals surface area contributed by atoms with Crippen molar-refractivity contribution in [2.75, 3.05) is 5.32 Å². The molecule has 0 aliphatic heterocycles. The third-order valence-electron chi connectivity index (χ3n) is 5.60. The van der Waals surface area contributed by atoms with E-state index in [-0.39, 0.29) is 11.5 Å². The van der Waals surface area contributed by atoms with E-state index in [1.165, 1.54) is 53.3 Å². The van der Waals surface area contributed by atoms with E-state index in [1.54, 1.807) is 18.2 Å². The van der Waals surface area contributed by atoms with Crippen molar-refractivity contribution in [2.45, 2.75) is 6.92 Å². The van der Waals surface area contributed by atoms with E-state index >= 15 is 0 Å². The van der Waals surface area contributed by atoms with Crippen molar-refractivity contribution in [1.29, 1.82) is 0 Å². The maximum absolute atomic E-state index is 14.4. The molecule has 0 saturated carbocycles. The maximum Gasteiger partial charge on any atom is 0.255 e. The number of benzene rings is 3. The summed E-state index contributed by atoms with van der Waals surface area (Å²) in [6, 6.07) is 16.5. The van der Waals surface area contributed by atoms with Crippen molar-refractivity contribution in [1.82, 2.24) is 14.6 Å². The van der Waals surface area contributed by atoms with Crippen molar-refractivity contribution in [3.05, 3.63) is 108 Å². The highest BCUT2D eigenvalue weighted by molar-refractivity contribution is 6.06. The first-order valence-corrected chi connectivity index (χ1v) is 10.4. The Bertz CT molecular complexity index is 1540. The molecule has 5 aromatic rings. The van der Waals surface area contributed by atoms with Crippen LogP contribution in [0.2, 0.25) is 0 Å². The summed E-state index contributed by atoms with van der Waals surface area (Å²) in [6.07, 6.45) is 2.97. The molecule has 0 bridgehead atoms. The molecule has 0 atom stereocenters. The Kier molecular flexibility index (Phi) is 5.33. The third-order valence-corrected chi connectivity index (χ3v) is 5.60. The lowest BCUT2D eigenvalue weighted by Crippen LogP contribution is -2.13. The molecule has 2 aromatic heterocycles. The maximum atomic E-state index is 14.4. The average molecular weight is 458 g/mol. The van der Waals surface area contributed by atoms with Crippen molar-refractivity contribution in [2.24, 2.45) is 0 Å². The summed E-state index contributed by atoms with van der Waals surface area (Å²) in [7, 11) is 0. The molecule has 0 radical (unpaired) electrons. The van der Waals surface area contributed by atoms with Crippen LogP contribution < -0.4 is 5.32 Å². The van der Waals surface area contributed by atoms with E-state index in [4.69, 9.17) is 0 Å². The smallest absolute Gasteiger partial charge is 0.255 e. The average Bonchev–Trinajstić information content (AvgIpc) is 3.27. The number of rotatable bonds is 4. The number of halogens is 3. The molecular formula is C26H17F3N4O. The van der Waals surface area contributed by atoms with Crippen molar-refractivity contribution in [3.8, 4) is 22.4 Å². The van der Waals surface area contributed by atoms with Gasteiger partial charge in [0.2, 0.25) is 0 Å². The first-order chi connectivity index (χ1) is 16.4. The molecule has 5 rings (SSSR count). The molecule has 8 heteroatoms. The van der Waals surface area contributed by atoms with Gasteiger partial charge in [-0.1, -0.05) is 18.2 Å². The standard InChI is InChI=1S/C26H17F3N4O/c1-15-18(4-2-5-19(15)26(34)32-17-10-8-16(27)9-11-17)20-12-13-31-33-23(14-30-25(20)33)21-6-3-7-22(28)24(21)29/h2-14H,1H3,(H,32,34). The van der Waals surface area contributed by atoms with E-state index < -0.39 is 17.5 Å². The SMILES string of the molecule is Cc1c(C(=O)Nc2ccc(F)cc2)cccc1-c1ccnn2c(-c3cccc(F)c3F)cnc12. The van der Waals surface area contributed by atoms with Crippen LogP contribution in [0.25, 0.3) is 28.0 Å². The van der Waals surface area contributed by atoms with Crippen molar-refractivity contribution in [3.63, 3.8) is 0 Å². The van der Waals surface area contributed by atoms with Gasteiger partial charge in [-0.2, -0.15) is 5.10 Å². The Morgan fingerprint density at radius 1 is 0.882 bits per heavy atom. The minimum atomic E-state index is -0.979. The van der Waals surface area contributed by atoms with E-state index in [1.807, 2.05) is 13.0 Å². The largest absolute Gasteiger partial charge is 0.322 e. The van der Waals surface area contributed by atoms with Gasteiger partial charge in [0.15, 0.2) is 17.3 Å². The second-order valence-corrected chi connectivity index (χ2v) is 7.66. The van der Waals surface area contributed by atoms with Gasteiger partial charge in [-0.15, -0.1) is 0 Å². The summed E-state index contributed by atoms with van der Waals surface area (Å²) in [5.41, 5.74) is 3.77. The zero-order valence-corrected chi connectivity index (χ0v) is 17.9. The number of carbonyl (C=O) groups excluding carboxylic acids is 1. The van der Waals surface area contributed by atoms with E-state index in [0.29, 0.717) is 33.7 Å². The number of nitrogens with one attached hydrogen (secondary N) is 1. The lowest BCUT2D eigenvalue weighted by molar-refractivity contribution is 0.102. The zero-order chi connectivity index (χ0) is 23.8. The first kappa shape index (κ1) is 21.4. The van der Waals surface area contributed by atoms with Gasteiger partial charge in [0, 0.05) is 28.6 Å². The van der Waals surface area contributed by atoms with Crippen LogP contribution in [0.3, 0.4) is 0 Å². The number of anilines is 1. The Hall–Kier alpha value is -4.46. The predicted octanol–water partition coefficient (Wildman–Crippen LogP) is 6.04. The minimum Gasteiger partial charge on any atom is -0.322 e. The fourth-order valence-electron chi connectivity index (χ4n) is 3.90. The Balaban J connectivity index is 1.57. The molecule has 0 fully saturated rings. The number of fused-ring (bicyclic) bond motifs is 1. The molecule has 0 aliphatic rings. The Morgan fingerprint density at radius 3 is 2.41 bits per heavy atom. The molecule has 34 heavy (non-hydrogen) atoms. The van der Waals surface area contributed by atoms with Crippen LogP contribution in [0.4, 0.5) is 18.9 Å². The molecule has 0 aliphatic carbocycles.